The van der Waals surface area contributed by atoms with E-state index in [1.807, 2.05) is 11.3 Å². The van der Waals surface area contributed by atoms with Gasteiger partial charge in [0.2, 0.25) is 0 Å². The molecule has 0 unspecified atom stereocenters. The molecule has 1 aromatic heterocycles. The molecule has 0 aliphatic rings. The minimum atomic E-state index is 1.17. The van der Waals surface area contributed by atoms with Crippen LogP contribution in [0.2, 0.25) is 0 Å². The highest BCUT2D eigenvalue weighted by Gasteiger charge is 2.18. The maximum atomic E-state index is 2.57. The zero-order valence-corrected chi connectivity index (χ0v) is 28.2. The largest absolute Gasteiger partial charge is 0.135 e. The van der Waals surface area contributed by atoms with Gasteiger partial charge in [-0.25, -0.2) is 0 Å². The van der Waals surface area contributed by atoms with Gasteiger partial charge in [-0.05, 0) is 116 Å². The molecule has 1 heterocycles. The van der Waals surface area contributed by atoms with Crippen molar-refractivity contribution in [1.82, 2.24) is 0 Å². The molecule has 6 aromatic carbocycles. The van der Waals surface area contributed by atoms with Gasteiger partial charge < -0.3 is 0 Å². The highest BCUT2D eigenvalue weighted by atomic mass is 32.1. The van der Waals surface area contributed by atoms with E-state index in [9.17, 15) is 0 Å². The van der Waals surface area contributed by atoms with Gasteiger partial charge >= 0.3 is 0 Å². The summed E-state index contributed by atoms with van der Waals surface area (Å²) in [5.74, 6) is 0. The molecule has 230 valence electrons. The van der Waals surface area contributed by atoms with E-state index in [2.05, 4.69) is 98.8 Å². The molecule has 7 rings (SSSR count). The van der Waals surface area contributed by atoms with Crippen molar-refractivity contribution in [2.75, 3.05) is 0 Å². The van der Waals surface area contributed by atoms with Crippen molar-refractivity contribution < 1.29 is 0 Å². The van der Waals surface area contributed by atoms with Crippen LogP contribution in [0.5, 0.6) is 0 Å². The van der Waals surface area contributed by atoms with Gasteiger partial charge in [-0.3, -0.25) is 0 Å². The fourth-order valence-corrected chi connectivity index (χ4v) is 8.98. The van der Waals surface area contributed by atoms with Crippen molar-refractivity contribution in [2.45, 2.75) is 104 Å². The number of rotatable bonds is 14. The topological polar surface area (TPSA) is 0 Å². The van der Waals surface area contributed by atoms with Crippen molar-refractivity contribution >= 4 is 74.6 Å². The van der Waals surface area contributed by atoms with Gasteiger partial charge in [0.25, 0.3) is 0 Å². The summed E-state index contributed by atoms with van der Waals surface area (Å²) in [4.78, 5) is 0. The molecule has 0 aliphatic heterocycles. The SMILES string of the molecule is CCCCCCCCc1cc2sc3cc(CCCCCCCC)c4cc5ccccc5cc4c3c2c2cc3ccccc3cc12. The highest BCUT2D eigenvalue weighted by molar-refractivity contribution is 7.26. The fourth-order valence-electron chi connectivity index (χ4n) is 7.71. The molecule has 0 N–H and O–H groups in total. The zero-order valence-electron chi connectivity index (χ0n) is 27.4. The molecule has 1 heteroatoms. The van der Waals surface area contributed by atoms with E-state index in [0.717, 1.165) is 0 Å². The minimum absolute atomic E-state index is 1.17. The maximum Gasteiger partial charge on any atom is 0.0364 e. The first kappa shape index (κ1) is 30.2. The summed E-state index contributed by atoms with van der Waals surface area (Å²) >= 11 is 2.03. The summed E-state index contributed by atoms with van der Waals surface area (Å²) in [6.45, 7) is 4.61. The van der Waals surface area contributed by atoms with Crippen LogP contribution in [0.25, 0.3) is 63.3 Å². The molecule has 0 amide bonds. The molecule has 45 heavy (non-hydrogen) atoms. The normalized spacial score (nSPS) is 12.1. The third kappa shape index (κ3) is 6.22. The van der Waals surface area contributed by atoms with Crippen LogP contribution in [-0.2, 0) is 12.8 Å². The van der Waals surface area contributed by atoms with Crippen LogP contribution in [-0.4, -0.2) is 0 Å². The third-order valence-electron chi connectivity index (χ3n) is 10.2. The van der Waals surface area contributed by atoms with Crippen molar-refractivity contribution in [2.24, 2.45) is 0 Å². The molecule has 0 fully saturated rings. The minimum Gasteiger partial charge on any atom is -0.135 e. The summed E-state index contributed by atoms with van der Waals surface area (Å²) < 4.78 is 2.92. The molecular weight excluding hydrogens is 561 g/mol. The lowest BCUT2D eigenvalue weighted by atomic mass is 9.90. The Hall–Kier alpha value is -3.42. The molecule has 0 spiro atoms. The number of aryl methyl sites for hydroxylation is 2. The van der Waals surface area contributed by atoms with Crippen molar-refractivity contribution in [3.05, 3.63) is 96.1 Å². The molecule has 0 bridgehead atoms. The van der Waals surface area contributed by atoms with Gasteiger partial charge in [-0.15, -0.1) is 11.3 Å². The summed E-state index contributed by atoms with van der Waals surface area (Å²) in [5.41, 5.74) is 3.07. The highest BCUT2D eigenvalue weighted by Crippen LogP contribution is 2.46. The average molecular weight is 609 g/mol. The smallest absolute Gasteiger partial charge is 0.0364 e. The van der Waals surface area contributed by atoms with E-state index in [-0.39, 0.29) is 0 Å². The van der Waals surface area contributed by atoms with E-state index in [4.69, 9.17) is 0 Å². The summed E-state index contributed by atoms with van der Waals surface area (Å²) in [7, 11) is 0. The lowest BCUT2D eigenvalue weighted by Gasteiger charge is -2.13. The van der Waals surface area contributed by atoms with Crippen LogP contribution in [0.3, 0.4) is 0 Å². The van der Waals surface area contributed by atoms with Gasteiger partial charge in [0.1, 0.15) is 0 Å². The second kappa shape index (κ2) is 13.9. The van der Waals surface area contributed by atoms with E-state index in [1.165, 1.54) is 164 Å². The predicted octanol–water partition coefficient (Wildman–Crippen LogP) is 14.5. The van der Waals surface area contributed by atoms with Crippen LogP contribution in [0, 0.1) is 0 Å². The van der Waals surface area contributed by atoms with Crippen LogP contribution < -0.4 is 0 Å². The number of fused-ring (bicyclic) bond motifs is 9. The summed E-state index contributed by atoms with van der Waals surface area (Å²) in [5, 5.41) is 14.1. The second-order valence-electron chi connectivity index (χ2n) is 13.4. The van der Waals surface area contributed by atoms with Crippen LogP contribution in [0.15, 0.2) is 84.9 Å². The van der Waals surface area contributed by atoms with Gasteiger partial charge in [0.05, 0.1) is 0 Å². The van der Waals surface area contributed by atoms with Gasteiger partial charge in [-0.2, -0.15) is 0 Å². The van der Waals surface area contributed by atoms with Crippen LogP contribution in [0.1, 0.15) is 102 Å². The first-order chi connectivity index (χ1) is 22.2. The van der Waals surface area contributed by atoms with Crippen LogP contribution in [0.4, 0.5) is 0 Å². The molecule has 0 saturated carbocycles. The van der Waals surface area contributed by atoms with E-state index >= 15 is 0 Å². The summed E-state index contributed by atoms with van der Waals surface area (Å²) in [6.07, 6.45) is 18.4. The molecule has 0 atom stereocenters. The number of unbranched alkanes of at least 4 members (excludes halogenated alkanes) is 10. The van der Waals surface area contributed by atoms with Crippen molar-refractivity contribution in [3.8, 4) is 0 Å². The Bertz CT molecular complexity index is 1940. The third-order valence-corrected chi connectivity index (χ3v) is 11.3. The monoisotopic (exact) mass is 608 g/mol. The fraction of sp³-hybridized carbons (Fsp3) is 0.364. The van der Waals surface area contributed by atoms with Gasteiger partial charge in [-0.1, -0.05) is 127 Å². The zero-order chi connectivity index (χ0) is 30.6. The first-order valence-corrected chi connectivity index (χ1v) is 18.7. The molecule has 7 aromatic rings. The standard InChI is InChI=1S/C44H48S/c1-3-5-7-9-11-13-23-35-29-41-43(39-27-33-21-17-15-19-31(33)25-37(35)39)44-40-28-34-22-18-16-20-32(34)26-38(40)36(30-42(44)45-41)24-14-12-10-8-6-4-2/h15-22,25-30H,3-14,23-24H2,1-2H3. The number of hydrogen-bond donors (Lipinski definition) is 0. The molecule has 0 radical (unpaired) electrons. The van der Waals surface area contributed by atoms with Crippen LogP contribution >= 0.6 is 11.3 Å². The Balaban J connectivity index is 1.41. The quantitative estimate of drug-likeness (QED) is 0.0851. The van der Waals surface area contributed by atoms with E-state index < -0.39 is 0 Å². The molecular formula is C44H48S. The van der Waals surface area contributed by atoms with E-state index in [0.29, 0.717) is 0 Å². The van der Waals surface area contributed by atoms with Gasteiger partial charge in [0.15, 0.2) is 0 Å². The Labute approximate surface area is 273 Å². The number of thiophene rings is 1. The number of benzene rings is 6. The van der Waals surface area contributed by atoms with Crippen molar-refractivity contribution in [3.63, 3.8) is 0 Å². The average Bonchev–Trinajstić information content (AvgIpc) is 3.44. The Morgan fingerprint density at radius 2 is 0.756 bits per heavy atom. The molecule has 0 aliphatic carbocycles. The first-order valence-electron chi connectivity index (χ1n) is 17.9. The Morgan fingerprint density at radius 3 is 1.16 bits per heavy atom. The Kier molecular flexibility index (Phi) is 9.36. The van der Waals surface area contributed by atoms with E-state index in [1.54, 1.807) is 0 Å². The van der Waals surface area contributed by atoms with Crippen molar-refractivity contribution in [1.29, 1.82) is 0 Å². The lowest BCUT2D eigenvalue weighted by Crippen LogP contribution is -1.91. The summed E-state index contributed by atoms with van der Waals surface area (Å²) in [6, 6.07) is 33.0. The predicted molar refractivity (Wildman–Crippen MR) is 204 cm³/mol. The lowest BCUT2D eigenvalue weighted by molar-refractivity contribution is 0.608. The Morgan fingerprint density at radius 1 is 0.400 bits per heavy atom. The maximum absolute atomic E-state index is 2.57. The molecule has 0 nitrogen and oxygen atoms in total. The number of hydrogen-bond acceptors (Lipinski definition) is 1. The van der Waals surface area contributed by atoms with Gasteiger partial charge in [0, 0.05) is 20.2 Å². The molecule has 0 saturated heterocycles. The second-order valence-corrected chi connectivity index (χ2v) is 14.5.